The molecule has 1 aromatic carbocycles. The van der Waals surface area contributed by atoms with Crippen molar-refractivity contribution in [3.05, 3.63) is 48.3 Å². The van der Waals surface area contributed by atoms with Gasteiger partial charge in [-0.2, -0.15) is 5.10 Å². The lowest BCUT2D eigenvalue weighted by molar-refractivity contribution is 0.477. The molecule has 0 aliphatic heterocycles. The van der Waals surface area contributed by atoms with Gasteiger partial charge in [-0.05, 0) is 31.2 Å². The van der Waals surface area contributed by atoms with Crippen LogP contribution >= 0.6 is 0 Å². The minimum Gasteiger partial charge on any atom is -0.507 e. The van der Waals surface area contributed by atoms with E-state index >= 15 is 0 Å². The first-order valence-electron chi connectivity index (χ1n) is 5.88. The van der Waals surface area contributed by atoms with Crippen LogP contribution in [0.1, 0.15) is 5.69 Å². The fraction of sp³-hybridized carbons (Fsp3) is 0.0714. The molecule has 94 valence electrons. The van der Waals surface area contributed by atoms with Crippen LogP contribution < -0.4 is 0 Å². The van der Waals surface area contributed by atoms with Crippen LogP contribution in [0.3, 0.4) is 0 Å². The van der Waals surface area contributed by atoms with Crippen LogP contribution in [-0.2, 0) is 0 Å². The van der Waals surface area contributed by atoms with Crippen LogP contribution in [0.5, 0.6) is 5.75 Å². The molecule has 5 nitrogen and oxygen atoms in total. The molecule has 0 saturated carbocycles. The highest BCUT2D eigenvalue weighted by Crippen LogP contribution is 2.27. The topological polar surface area (TPSA) is 74.7 Å². The molecule has 3 aromatic rings. The van der Waals surface area contributed by atoms with Crippen LogP contribution in [-0.4, -0.2) is 25.3 Å². The lowest BCUT2D eigenvalue weighted by Gasteiger charge is -2.06. The number of nitrogens with zero attached hydrogens (tertiary/aromatic N) is 3. The summed E-state index contributed by atoms with van der Waals surface area (Å²) in [5, 5.41) is 16.7. The quantitative estimate of drug-likeness (QED) is 0.735. The molecule has 0 bridgehead atoms. The maximum absolute atomic E-state index is 9.88. The number of rotatable bonds is 2. The molecule has 5 heteroatoms. The van der Waals surface area contributed by atoms with Gasteiger partial charge in [0.1, 0.15) is 5.75 Å². The molecule has 0 aliphatic carbocycles. The second kappa shape index (κ2) is 4.53. The van der Waals surface area contributed by atoms with Gasteiger partial charge >= 0.3 is 0 Å². The first-order chi connectivity index (χ1) is 9.24. The zero-order valence-electron chi connectivity index (χ0n) is 10.3. The number of hydrogen-bond donors (Lipinski definition) is 2. The predicted octanol–water partition coefficient (Wildman–Crippen LogP) is 2.55. The monoisotopic (exact) mass is 252 g/mol. The summed E-state index contributed by atoms with van der Waals surface area (Å²) in [7, 11) is 0. The van der Waals surface area contributed by atoms with Crippen LogP contribution in [0.15, 0.2) is 42.6 Å². The summed E-state index contributed by atoms with van der Waals surface area (Å²) < 4.78 is 0. The van der Waals surface area contributed by atoms with Crippen LogP contribution in [0.25, 0.3) is 22.8 Å². The molecule has 0 amide bonds. The van der Waals surface area contributed by atoms with E-state index in [0.29, 0.717) is 11.4 Å². The highest BCUT2D eigenvalue weighted by molar-refractivity contribution is 5.66. The van der Waals surface area contributed by atoms with E-state index < -0.39 is 0 Å². The smallest absolute Gasteiger partial charge is 0.163 e. The van der Waals surface area contributed by atoms with E-state index in [1.54, 1.807) is 24.4 Å². The number of para-hydroxylation sites is 1. The average Bonchev–Trinajstić information content (AvgIpc) is 2.92. The molecular formula is C14H12N4O. The fourth-order valence-corrected chi connectivity index (χ4v) is 1.89. The Kier molecular flexibility index (Phi) is 2.72. The standard InChI is InChI=1S/C14H12N4O/c1-9-8-12(11-6-7-15-18-11)17-14(16-9)10-4-2-3-5-13(10)19/h2-8,19H,1H3,(H,15,18). The zero-order valence-corrected chi connectivity index (χ0v) is 10.3. The Morgan fingerprint density at radius 1 is 1.11 bits per heavy atom. The highest BCUT2D eigenvalue weighted by Gasteiger charge is 2.10. The van der Waals surface area contributed by atoms with Gasteiger partial charge < -0.3 is 5.11 Å². The van der Waals surface area contributed by atoms with E-state index in [9.17, 15) is 5.11 Å². The molecule has 3 rings (SSSR count). The molecule has 2 heterocycles. The number of aryl methyl sites for hydroxylation is 1. The van der Waals surface area contributed by atoms with Crippen molar-refractivity contribution in [3.63, 3.8) is 0 Å². The summed E-state index contributed by atoms with van der Waals surface area (Å²) in [5.41, 5.74) is 3.02. The first-order valence-corrected chi connectivity index (χ1v) is 5.88. The Labute approximate surface area is 110 Å². The highest BCUT2D eigenvalue weighted by atomic mass is 16.3. The van der Waals surface area contributed by atoms with E-state index in [4.69, 9.17) is 0 Å². The lowest BCUT2D eigenvalue weighted by Crippen LogP contribution is -1.95. The number of aromatic amines is 1. The predicted molar refractivity (Wildman–Crippen MR) is 71.5 cm³/mol. The lowest BCUT2D eigenvalue weighted by atomic mass is 10.1. The molecule has 0 radical (unpaired) electrons. The number of aromatic hydroxyl groups is 1. The van der Waals surface area contributed by atoms with Gasteiger partial charge in [0, 0.05) is 11.9 Å². The summed E-state index contributed by atoms with van der Waals surface area (Å²) in [4.78, 5) is 8.83. The molecule has 0 saturated heterocycles. The Bertz CT molecular complexity index is 707. The van der Waals surface area contributed by atoms with Crippen molar-refractivity contribution in [2.24, 2.45) is 0 Å². The van der Waals surface area contributed by atoms with E-state index in [-0.39, 0.29) is 5.75 Å². The van der Waals surface area contributed by atoms with Crippen molar-refractivity contribution in [2.75, 3.05) is 0 Å². The number of nitrogens with one attached hydrogen (secondary N) is 1. The van der Waals surface area contributed by atoms with E-state index in [2.05, 4.69) is 20.2 Å². The Morgan fingerprint density at radius 3 is 2.68 bits per heavy atom. The van der Waals surface area contributed by atoms with Gasteiger partial charge in [-0.25, -0.2) is 9.97 Å². The second-order valence-electron chi connectivity index (χ2n) is 4.21. The van der Waals surface area contributed by atoms with Crippen molar-refractivity contribution in [2.45, 2.75) is 6.92 Å². The summed E-state index contributed by atoms with van der Waals surface area (Å²) in [5.74, 6) is 0.673. The average molecular weight is 252 g/mol. The minimum absolute atomic E-state index is 0.170. The normalized spacial score (nSPS) is 10.6. The van der Waals surface area contributed by atoms with Crippen LogP contribution in [0.2, 0.25) is 0 Å². The van der Waals surface area contributed by atoms with Crippen molar-refractivity contribution >= 4 is 0 Å². The van der Waals surface area contributed by atoms with Crippen molar-refractivity contribution in [1.29, 1.82) is 0 Å². The molecule has 0 spiro atoms. The number of aromatic nitrogens is 4. The van der Waals surface area contributed by atoms with Crippen molar-refractivity contribution in [1.82, 2.24) is 20.2 Å². The largest absolute Gasteiger partial charge is 0.507 e. The van der Waals surface area contributed by atoms with Gasteiger partial charge in [0.15, 0.2) is 5.82 Å². The number of phenolic OH excluding ortho intramolecular Hbond substituents is 1. The summed E-state index contributed by atoms with van der Waals surface area (Å²) in [6.07, 6.45) is 1.67. The van der Waals surface area contributed by atoms with Gasteiger partial charge in [-0.1, -0.05) is 12.1 Å². The van der Waals surface area contributed by atoms with Gasteiger partial charge in [-0.3, -0.25) is 5.10 Å². The number of phenols is 1. The van der Waals surface area contributed by atoms with E-state index in [0.717, 1.165) is 17.1 Å². The molecule has 2 N–H and O–H groups in total. The Balaban J connectivity index is 2.16. The maximum Gasteiger partial charge on any atom is 0.163 e. The number of H-pyrrole nitrogens is 1. The molecule has 19 heavy (non-hydrogen) atoms. The molecule has 0 aliphatic rings. The molecule has 2 aromatic heterocycles. The van der Waals surface area contributed by atoms with E-state index in [1.807, 2.05) is 25.1 Å². The Hall–Kier alpha value is -2.69. The van der Waals surface area contributed by atoms with Crippen LogP contribution in [0.4, 0.5) is 0 Å². The van der Waals surface area contributed by atoms with Gasteiger partial charge in [0.25, 0.3) is 0 Å². The molecular weight excluding hydrogens is 240 g/mol. The van der Waals surface area contributed by atoms with Crippen LogP contribution in [0, 0.1) is 6.92 Å². The SMILES string of the molecule is Cc1cc(-c2ccn[nH]2)nc(-c2ccccc2O)n1. The number of hydrogen-bond acceptors (Lipinski definition) is 4. The zero-order chi connectivity index (χ0) is 13.2. The molecule has 0 fully saturated rings. The minimum atomic E-state index is 0.170. The maximum atomic E-state index is 9.88. The van der Waals surface area contributed by atoms with Gasteiger partial charge in [0.05, 0.1) is 17.0 Å². The molecule has 0 atom stereocenters. The van der Waals surface area contributed by atoms with Gasteiger partial charge in [-0.15, -0.1) is 0 Å². The van der Waals surface area contributed by atoms with Crippen molar-refractivity contribution < 1.29 is 5.11 Å². The third-order valence-corrected chi connectivity index (χ3v) is 2.78. The molecule has 0 unspecified atom stereocenters. The Morgan fingerprint density at radius 2 is 1.95 bits per heavy atom. The summed E-state index contributed by atoms with van der Waals surface area (Å²) >= 11 is 0. The first kappa shape index (κ1) is 11.4. The summed E-state index contributed by atoms with van der Waals surface area (Å²) in [6.45, 7) is 1.89. The van der Waals surface area contributed by atoms with E-state index in [1.165, 1.54) is 0 Å². The number of benzene rings is 1. The summed E-state index contributed by atoms with van der Waals surface area (Å²) in [6, 6.07) is 10.7. The second-order valence-corrected chi connectivity index (χ2v) is 4.21. The van der Waals surface area contributed by atoms with Crippen molar-refractivity contribution in [3.8, 4) is 28.5 Å². The fourth-order valence-electron chi connectivity index (χ4n) is 1.89. The third-order valence-electron chi connectivity index (χ3n) is 2.78. The third kappa shape index (κ3) is 2.18. The van der Waals surface area contributed by atoms with Gasteiger partial charge in [0.2, 0.25) is 0 Å².